The highest BCUT2D eigenvalue weighted by Gasteiger charge is 2.19. The van der Waals surface area contributed by atoms with Crippen LogP contribution < -0.4 is 0 Å². The first-order valence-electron chi connectivity index (χ1n) is 15.6. The Bertz CT molecular complexity index is 2740. The molecule has 45 heavy (non-hydrogen) atoms. The average Bonchev–Trinajstić information content (AvgIpc) is 3.72. The van der Waals surface area contributed by atoms with Gasteiger partial charge >= 0.3 is 0 Å². The average molecular weight is 573 g/mol. The van der Waals surface area contributed by atoms with Crippen molar-refractivity contribution in [2.45, 2.75) is 0 Å². The van der Waals surface area contributed by atoms with E-state index in [1.165, 1.54) is 93.3 Å². The monoisotopic (exact) mass is 572 g/mol. The van der Waals surface area contributed by atoms with Crippen molar-refractivity contribution < 1.29 is 0 Å². The molecule has 0 amide bonds. The lowest BCUT2D eigenvalue weighted by Gasteiger charge is -2.06. The summed E-state index contributed by atoms with van der Waals surface area (Å²) in [7, 11) is 2.17. The van der Waals surface area contributed by atoms with Crippen LogP contribution in [0.4, 0.5) is 0 Å². The smallest absolute Gasteiger partial charge is 0.0620 e. The molecule has 0 fully saturated rings. The Kier molecular flexibility index (Phi) is 4.95. The standard InChI is InChI=1S/C43H28N2/c1-44-39-20-16-29(27-9-4-2-5-10-27)23-37(39)38-25-30(17-21-40(38)44)31-18-22-41-36(24-31)35-14-8-13-34-33-19-15-32(28-11-6-3-7-12-28)26-42(33)45(41)43(34)35/h2-26H,1H3. The van der Waals surface area contributed by atoms with E-state index in [1.54, 1.807) is 0 Å². The van der Waals surface area contributed by atoms with E-state index in [-0.39, 0.29) is 0 Å². The molecule has 3 heterocycles. The highest BCUT2D eigenvalue weighted by atomic mass is 14.9. The lowest BCUT2D eigenvalue weighted by atomic mass is 9.99. The molecule has 0 unspecified atom stereocenters. The number of benzene rings is 7. The molecular weight excluding hydrogens is 544 g/mol. The molecule has 7 aromatic carbocycles. The summed E-state index contributed by atoms with van der Waals surface area (Å²) in [5, 5.41) is 7.79. The van der Waals surface area contributed by atoms with Crippen LogP contribution in [0.15, 0.2) is 152 Å². The number of fused-ring (bicyclic) bond motifs is 9. The zero-order valence-electron chi connectivity index (χ0n) is 24.8. The van der Waals surface area contributed by atoms with Crippen LogP contribution in [0.5, 0.6) is 0 Å². The third kappa shape index (κ3) is 3.45. The van der Waals surface area contributed by atoms with E-state index in [0.29, 0.717) is 0 Å². The molecule has 0 saturated carbocycles. The van der Waals surface area contributed by atoms with Crippen molar-refractivity contribution in [2.75, 3.05) is 0 Å². The minimum Gasteiger partial charge on any atom is -0.344 e. The highest BCUT2D eigenvalue weighted by molar-refractivity contribution is 6.24. The first-order valence-corrected chi connectivity index (χ1v) is 15.6. The maximum atomic E-state index is 2.48. The predicted molar refractivity (Wildman–Crippen MR) is 191 cm³/mol. The number of hydrogen-bond donors (Lipinski definition) is 0. The number of hydrogen-bond acceptors (Lipinski definition) is 0. The van der Waals surface area contributed by atoms with Crippen LogP contribution in [0, 0.1) is 0 Å². The molecule has 0 N–H and O–H groups in total. The van der Waals surface area contributed by atoms with Gasteiger partial charge in [-0.2, -0.15) is 0 Å². The van der Waals surface area contributed by atoms with Gasteiger partial charge in [0.2, 0.25) is 0 Å². The zero-order chi connectivity index (χ0) is 29.6. The molecule has 0 saturated heterocycles. The fraction of sp³-hybridized carbons (Fsp3) is 0.0233. The van der Waals surface area contributed by atoms with Gasteiger partial charge in [0.05, 0.1) is 16.6 Å². The first kappa shape index (κ1) is 24.6. The lowest BCUT2D eigenvalue weighted by Crippen LogP contribution is -1.87. The zero-order valence-corrected chi connectivity index (χ0v) is 24.8. The van der Waals surface area contributed by atoms with Gasteiger partial charge in [-0.1, -0.05) is 109 Å². The summed E-state index contributed by atoms with van der Waals surface area (Å²) < 4.78 is 4.79. The van der Waals surface area contributed by atoms with Gasteiger partial charge in [-0.15, -0.1) is 0 Å². The van der Waals surface area contributed by atoms with Gasteiger partial charge in [-0.05, 0) is 75.8 Å². The van der Waals surface area contributed by atoms with Crippen molar-refractivity contribution in [1.29, 1.82) is 0 Å². The van der Waals surface area contributed by atoms with E-state index in [1.807, 2.05) is 0 Å². The molecule has 0 radical (unpaired) electrons. The molecule has 0 aliphatic carbocycles. The van der Waals surface area contributed by atoms with Crippen LogP contribution in [-0.4, -0.2) is 8.97 Å². The molecule has 2 heteroatoms. The van der Waals surface area contributed by atoms with Gasteiger partial charge in [-0.25, -0.2) is 0 Å². The Hall–Kier alpha value is -5.86. The third-order valence-electron chi connectivity index (χ3n) is 9.87. The van der Waals surface area contributed by atoms with E-state index >= 15 is 0 Å². The van der Waals surface area contributed by atoms with Gasteiger partial charge in [0.15, 0.2) is 0 Å². The van der Waals surface area contributed by atoms with Crippen molar-refractivity contribution in [3.63, 3.8) is 0 Å². The van der Waals surface area contributed by atoms with E-state index in [4.69, 9.17) is 0 Å². The number of aryl methyl sites for hydroxylation is 1. The van der Waals surface area contributed by atoms with Gasteiger partial charge in [-0.3, -0.25) is 0 Å². The van der Waals surface area contributed by atoms with Crippen LogP contribution in [0.3, 0.4) is 0 Å². The summed E-state index contributed by atoms with van der Waals surface area (Å²) in [5.74, 6) is 0. The Morgan fingerprint density at radius 1 is 0.311 bits per heavy atom. The van der Waals surface area contributed by atoms with Gasteiger partial charge in [0.1, 0.15) is 0 Å². The van der Waals surface area contributed by atoms with Crippen molar-refractivity contribution in [2.24, 2.45) is 7.05 Å². The minimum atomic E-state index is 1.24. The Balaban J connectivity index is 1.18. The summed E-state index contributed by atoms with van der Waals surface area (Å²) in [6, 6.07) is 55.8. The second-order valence-corrected chi connectivity index (χ2v) is 12.3. The predicted octanol–water partition coefficient (Wildman–Crippen LogP) is 11.5. The lowest BCUT2D eigenvalue weighted by molar-refractivity contribution is 1.01. The van der Waals surface area contributed by atoms with Crippen LogP contribution >= 0.6 is 0 Å². The quantitative estimate of drug-likeness (QED) is 0.199. The molecular formula is C43H28N2. The van der Waals surface area contributed by atoms with Crippen molar-refractivity contribution >= 4 is 59.9 Å². The molecule has 2 nitrogen and oxygen atoms in total. The van der Waals surface area contributed by atoms with E-state index in [0.717, 1.165) is 0 Å². The maximum absolute atomic E-state index is 2.48. The molecule has 0 atom stereocenters. The number of para-hydroxylation sites is 1. The number of nitrogens with zero attached hydrogens (tertiary/aromatic N) is 2. The van der Waals surface area contributed by atoms with Crippen LogP contribution in [-0.2, 0) is 7.05 Å². The Morgan fingerprint density at radius 2 is 0.778 bits per heavy atom. The van der Waals surface area contributed by atoms with Crippen molar-refractivity contribution in [3.8, 4) is 33.4 Å². The maximum Gasteiger partial charge on any atom is 0.0620 e. The van der Waals surface area contributed by atoms with Crippen LogP contribution in [0.1, 0.15) is 0 Å². The van der Waals surface area contributed by atoms with Crippen LogP contribution in [0.2, 0.25) is 0 Å². The largest absolute Gasteiger partial charge is 0.344 e. The van der Waals surface area contributed by atoms with E-state index in [9.17, 15) is 0 Å². The second kappa shape index (κ2) is 9.07. The van der Waals surface area contributed by atoms with Gasteiger partial charge < -0.3 is 8.97 Å². The first-order chi connectivity index (χ1) is 22.2. The molecule has 10 aromatic rings. The fourth-order valence-electron chi connectivity index (χ4n) is 7.68. The Labute approximate surface area is 260 Å². The molecule has 0 bridgehead atoms. The normalized spacial score (nSPS) is 12.1. The second-order valence-electron chi connectivity index (χ2n) is 12.3. The van der Waals surface area contributed by atoms with Gasteiger partial charge in [0.25, 0.3) is 0 Å². The van der Waals surface area contributed by atoms with Crippen molar-refractivity contribution in [1.82, 2.24) is 8.97 Å². The van der Waals surface area contributed by atoms with Gasteiger partial charge in [0, 0.05) is 50.4 Å². The van der Waals surface area contributed by atoms with Crippen molar-refractivity contribution in [3.05, 3.63) is 152 Å². The highest BCUT2D eigenvalue weighted by Crippen LogP contribution is 2.42. The van der Waals surface area contributed by atoms with E-state index < -0.39 is 0 Å². The Morgan fingerprint density at radius 3 is 1.38 bits per heavy atom. The topological polar surface area (TPSA) is 9.34 Å². The fourth-order valence-corrected chi connectivity index (χ4v) is 7.68. The number of aromatic nitrogens is 2. The molecule has 210 valence electrons. The summed E-state index contributed by atoms with van der Waals surface area (Å²) >= 11 is 0. The SMILES string of the molecule is Cn1c2ccc(-c3ccccc3)cc2c2cc(-c3ccc4c(c3)c3cccc5c6ccc(-c7ccccc7)cc6n4c35)ccc21. The summed E-state index contributed by atoms with van der Waals surface area (Å²) in [4.78, 5) is 0. The molecule has 3 aromatic heterocycles. The minimum absolute atomic E-state index is 1.24. The van der Waals surface area contributed by atoms with E-state index in [2.05, 4.69) is 168 Å². The summed E-state index contributed by atoms with van der Waals surface area (Å²) in [6.45, 7) is 0. The molecule has 0 spiro atoms. The molecule has 0 aliphatic rings. The summed E-state index contributed by atoms with van der Waals surface area (Å²) in [5.41, 5.74) is 13.8. The summed E-state index contributed by atoms with van der Waals surface area (Å²) in [6.07, 6.45) is 0. The molecule has 0 aliphatic heterocycles. The van der Waals surface area contributed by atoms with Crippen LogP contribution in [0.25, 0.3) is 93.3 Å². The number of rotatable bonds is 3. The third-order valence-corrected chi connectivity index (χ3v) is 9.87. The molecule has 10 rings (SSSR count).